The Kier molecular flexibility index (Phi) is 4.74. The summed E-state index contributed by atoms with van der Waals surface area (Å²) in [4.78, 5) is 11.9. The Balaban J connectivity index is 1.90. The maximum Gasteiger partial charge on any atom is 0.336 e. The van der Waals surface area contributed by atoms with Gasteiger partial charge in [0.25, 0.3) is 0 Å². The van der Waals surface area contributed by atoms with Gasteiger partial charge in [0.15, 0.2) is 0 Å². The van der Waals surface area contributed by atoms with Gasteiger partial charge in [0, 0.05) is 29.1 Å². The number of hydrogen-bond acceptors (Lipinski definition) is 3. The molecule has 0 aliphatic heterocycles. The molecular weight excluding hydrogens is 322 g/mol. The summed E-state index contributed by atoms with van der Waals surface area (Å²) in [6, 6.07) is 13.5. The van der Waals surface area contributed by atoms with Crippen molar-refractivity contribution in [3.63, 3.8) is 0 Å². The fourth-order valence-electron chi connectivity index (χ4n) is 2.83. The zero-order valence-corrected chi connectivity index (χ0v) is 14.8. The molecule has 0 fully saturated rings. The van der Waals surface area contributed by atoms with Crippen LogP contribution in [-0.4, -0.2) is 0 Å². The van der Waals surface area contributed by atoms with E-state index < -0.39 is 0 Å². The van der Waals surface area contributed by atoms with Crippen molar-refractivity contribution in [1.82, 2.24) is 5.32 Å². The molecule has 0 spiro atoms. The molecule has 0 aliphatic rings. The molecule has 3 nitrogen and oxygen atoms in total. The topological polar surface area (TPSA) is 42.2 Å². The molecule has 0 radical (unpaired) electrons. The molecule has 1 aromatic heterocycles. The predicted molar refractivity (Wildman–Crippen MR) is 98.7 cm³/mol. The van der Waals surface area contributed by atoms with E-state index in [0.717, 1.165) is 32.7 Å². The molecule has 2 aromatic carbocycles. The monoisotopic (exact) mass is 341 g/mol. The lowest BCUT2D eigenvalue weighted by molar-refractivity contribution is 0.545. The van der Waals surface area contributed by atoms with E-state index in [1.54, 1.807) is 6.07 Å². The molecule has 0 saturated heterocycles. The number of rotatable bonds is 4. The van der Waals surface area contributed by atoms with Crippen LogP contribution in [0, 0.1) is 13.8 Å². The van der Waals surface area contributed by atoms with Gasteiger partial charge in [0.2, 0.25) is 0 Å². The molecule has 0 bridgehead atoms. The minimum atomic E-state index is -0.316. The maximum absolute atomic E-state index is 11.9. The third-order valence-electron chi connectivity index (χ3n) is 4.46. The summed E-state index contributed by atoms with van der Waals surface area (Å²) >= 11 is 6.06. The molecule has 0 saturated carbocycles. The van der Waals surface area contributed by atoms with E-state index >= 15 is 0 Å². The Bertz CT molecular complexity index is 946. The van der Waals surface area contributed by atoms with Crippen LogP contribution in [0.25, 0.3) is 11.0 Å². The summed E-state index contributed by atoms with van der Waals surface area (Å²) in [6.45, 7) is 6.65. The molecule has 0 unspecified atom stereocenters. The summed E-state index contributed by atoms with van der Waals surface area (Å²) in [6.07, 6.45) is 0. The number of halogens is 1. The second-order valence-electron chi connectivity index (χ2n) is 6.13. The van der Waals surface area contributed by atoms with Crippen LogP contribution in [0.2, 0.25) is 5.02 Å². The van der Waals surface area contributed by atoms with E-state index in [-0.39, 0.29) is 11.7 Å². The molecule has 24 heavy (non-hydrogen) atoms. The summed E-state index contributed by atoms with van der Waals surface area (Å²) in [7, 11) is 0. The van der Waals surface area contributed by atoms with Crippen molar-refractivity contribution in [2.75, 3.05) is 0 Å². The molecular formula is C20H20ClNO2. The van der Waals surface area contributed by atoms with Gasteiger partial charge in [-0.1, -0.05) is 35.9 Å². The zero-order valence-electron chi connectivity index (χ0n) is 14.0. The predicted octanol–water partition coefficient (Wildman–Crippen LogP) is 4.91. The van der Waals surface area contributed by atoms with E-state index in [0.29, 0.717) is 12.1 Å². The average Bonchev–Trinajstić information content (AvgIpc) is 2.56. The van der Waals surface area contributed by atoms with Crippen LogP contribution < -0.4 is 10.9 Å². The van der Waals surface area contributed by atoms with Crippen LogP contribution in [0.3, 0.4) is 0 Å². The first kappa shape index (κ1) is 16.7. The summed E-state index contributed by atoms with van der Waals surface area (Å²) in [5.74, 6) is 0. The van der Waals surface area contributed by atoms with Gasteiger partial charge in [0.05, 0.1) is 0 Å². The highest BCUT2D eigenvalue weighted by molar-refractivity contribution is 6.30. The molecule has 1 heterocycles. The first-order chi connectivity index (χ1) is 11.5. The Morgan fingerprint density at radius 2 is 1.96 bits per heavy atom. The normalized spacial score (nSPS) is 12.5. The standard InChI is InChI=1S/C20H20ClNO2/c1-12-7-8-18-16(10-19(23)24-20(18)13(12)2)11-22-14(3)15-5-4-6-17(21)9-15/h4-10,14,22H,11H2,1-3H3/t14-/m0/s1. The lowest BCUT2D eigenvalue weighted by atomic mass is 10.0. The number of aryl methyl sites for hydroxylation is 2. The second-order valence-corrected chi connectivity index (χ2v) is 6.57. The van der Waals surface area contributed by atoms with Crippen LogP contribution >= 0.6 is 11.6 Å². The fourth-order valence-corrected chi connectivity index (χ4v) is 3.03. The second kappa shape index (κ2) is 6.80. The van der Waals surface area contributed by atoms with Crippen molar-refractivity contribution in [2.24, 2.45) is 0 Å². The Morgan fingerprint density at radius 3 is 2.71 bits per heavy atom. The van der Waals surface area contributed by atoms with Crippen molar-refractivity contribution >= 4 is 22.6 Å². The molecule has 3 aromatic rings. The van der Waals surface area contributed by atoms with Crippen molar-refractivity contribution in [3.05, 3.63) is 80.2 Å². The Hall–Kier alpha value is -2.10. The molecule has 3 rings (SSSR count). The van der Waals surface area contributed by atoms with Crippen LogP contribution in [0.4, 0.5) is 0 Å². The largest absolute Gasteiger partial charge is 0.422 e. The molecule has 124 valence electrons. The molecule has 4 heteroatoms. The molecule has 1 N–H and O–H groups in total. The lowest BCUT2D eigenvalue weighted by Crippen LogP contribution is -2.19. The van der Waals surface area contributed by atoms with E-state index in [2.05, 4.69) is 18.3 Å². The van der Waals surface area contributed by atoms with Gasteiger partial charge in [-0.15, -0.1) is 0 Å². The van der Waals surface area contributed by atoms with Crippen LogP contribution in [-0.2, 0) is 6.54 Å². The molecule has 1 atom stereocenters. The van der Waals surface area contributed by atoms with Gasteiger partial charge in [-0.05, 0) is 55.2 Å². The first-order valence-corrected chi connectivity index (χ1v) is 8.35. The Labute approximate surface area is 146 Å². The zero-order chi connectivity index (χ0) is 17.3. The van der Waals surface area contributed by atoms with Gasteiger partial charge in [-0.2, -0.15) is 0 Å². The number of hydrogen-bond donors (Lipinski definition) is 1. The molecule has 0 aliphatic carbocycles. The fraction of sp³-hybridized carbons (Fsp3) is 0.250. The highest BCUT2D eigenvalue weighted by Crippen LogP contribution is 2.24. The van der Waals surface area contributed by atoms with E-state index in [9.17, 15) is 4.79 Å². The quantitative estimate of drug-likeness (QED) is 0.685. The van der Waals surface area contributed by atoms with E-state index in [1.165, 1.54) is 0 Å². The molecule has 0 amide bonds. The number of nitrogens with one attached hydrogen (secondary N) is 1. The number of benzene rings is 2. The summed E-state index contributed by atoms with van der Waals surface area (Å²) < 4.78 is 5.42. The maximum atomic E-state index is 11.9. The number of fused-ring (bicyclic) bond motifs is 1. The smallest absolute Gasteiger partial charge is 0.336 e. The first-order valence-electron chi connectivity index (χ1n) is 7.97. The van der Waals surface area contributed by atoms with E-state index in [4.69, 9.17) is 16.0 Å². The van der Waals surface area contributed by atoms with Gasteiger partial charge in [-0.25, -0.2) is 4.79 Å². The third-order valence-corrected chi connectivity index (χ3v) is 4.70. The summed E-state index contributed by atoms with van der Waals surface area (Å²) in [5.41, 5.74) is 4.54. The van der Waals surface area contributed by atoms with Crippen molar-refractivity contribution in [2.45, 2.75) is 33.4 Å². The van der Waals surface area contributed by atoms with Crippen LogP contribution in [0.5, 0.6) is 0 Å². The van der Waals surface area contributed by atoms with Crippen molar-refractivity contribution < 1.29 is 4.42 Å². The van der Waals surface area contributed by atoms with Crippen LogP contribution in [0.1, 0.15) is 35.2 Å². The van der Waals surface area contributed by atoms with Crippen molar-refractivity contribution in [1.29, 1.82) is 0 Å². The highest BCUT2D eigenvalue weighted by Gasteiger charge is 2.11. The minimum Gasteiger partial charge on any atom is -0.422 e. The van der Waals surface area contributed by atoms with Crippen molar-refractivity contribution in [3.8, 4) is 0 Å². The van der Waals surface area contributed by atoms with Crippen LogP contribution in [0.15, 0.2) is 51.7 Å². The third kappa shape index (κ3) is 3.37. The van der Waals surface area contributed by atoms with Gasteiger partial charge < -0.3 is 9.73 Å². The van der Waals surface area contributed by atoms with E-state index in [1.807, 2.05) is 44.2 Å². The SMILES string of the molecule is Cc1ccc2c(CN[C@@H](C)c3cccc(Cl)c3)cc(=O)oc2c1C. The Morgan fingerprint density at radius 1 is 1.17 bits per heavy atom. The van der Waals surface area contributed by atoms with Gasteiger partial charge in [0.1, 0.15) is 5.58 Å². The van der Waals surface area contributed by atoms with Gasteiger partial charge >= 0.3 is 5.63 Å². The summed E-state index contributed by atoms with van der Waals surface area (Å²) in [5, 5.41) is 5.15. The van der Waals surface area contributed by atoms with Gasteiger partial charge in [-0.3, -0.25) is 0 Å². The minimum absolute atomic E-state index is 0.123. The lowest BCUT2D eigenvalue weighted by Gasteiger charge is -2.16. The average molecular weight is 342 g/mol. The highest BCUT2D eigenvalue weighted by atomic mass is 35.5.